The Morgan fingerprint density at radius 3 is 2.74 bits per heavy atom. The van der Waals surface area contributed by atoms with Gasteiger partial charge in [-0.05, 0) is 49.2 Å². The fourth-order valence-corrected chi connectivity index (χ4v) is 3.80. The summed E-state index contributed by atoms with van der Waals surface area (Å²) in [5.41, 5.74) is 2.98. The number of aryl methyl sites for hydroxylation is 1. The van der Waals surface area contributed by atoms with Crippen LogP contribution in [0.1, 0.15) is 40.7 Å². The van der Waals surface area contributed by atoms with Gasteiger partial charge in [-0.15, -0.1) is 0 Å². The number of hydrogen-bond acceptors (Lipinski definition) is 6. The Kier molecular flexibility index (Phi) is 6.88. The van der Waals surface area contributed by atoms with Crippen molar-refractivity contribution in [1.29, 1.82) is 5.26 Å². The van der Waals surface area contributed by atoms with Gasteiger partial charge < -0.3 is 15.4 Å². The van der Waals surface area contributed by atoms with E-state index in [1.165, 1.54) is 12.4 Å². The Morgan fingerprint density at radius 2 is 2.00 bits per heavy atom. The van der Waals surface area contributed by atoms with E-state index in [4.69, 9.17) is 4.74 Å². The van der Waals surface area contributed by atoms with Crippen molar-refractivity contribution < 1.29 is 13.9 Å². The van der Waals surface area contributed by atoms with Gasteiger partial charge in [-0.1, -0.05) is 25.1 Å². The first-order valence-electron chi connectivity index (χ1n) is 11.1. The third kappa shape index (κ3) is 4.89. The van der Waals surface area contributed by atoms with Crippen molar-refractivity contribution in [2.45, 2.75) is 26.2 Å². The summed E-state index contributed by atoms with van der Waals surface area (Å²) in [4.78, 5) is 21.6. The lowest BCUT2D eigenvalue weighted by Gasteiger charge is -2.14. The first-order chi connectivity index (χ1) is 16.9. The van der Waals surface area contributed by atoms with Crippen LogP contribution in [0.15, 0.2) is 60.9 Å². The van der Waals surface area contributed by atoms with E-state index in [1.807, 2.05) is 31.2 Å². The van der Waals surface area contributed by atoms with Gasteiger partial charge in [0.2, 0.25) is 0 Å². The van der Waals surface area contributed by atoms with Crippen molar-refractivity contribution in [2.24, 2.45) is 0 Å². The molecule has 4 aromatic rings. The SMILES string of the molecule is CCC(C#N)c1cccc(C(=O)Nc2ccc(C)c(Nc3ncnc4cc(OC)ccc34)c2)c1F. The molecule has 0 aliphatic heterocycles. The Hall–Kier alpha value is -4.51. The van der Waals surface area contributed by atoms with E-state index in [0.29, 0.717) is 23.7 Å². The molecule has 7 nitrogen and oxygen atoms in total. The summed E-state index contributed by atoms with van der Waals surface area (Å²) in [6, 6.07) is 17.5. The quantitative estimate of drug-likeness (QED) is 0.339. The van der Waals surface area contributed by atoms with Crippen LogP contribution in [-0.4, -0.2) is 23.0 Å². The number of methoxy groups -OCH3 is 1. The number of rotatable bonds is 7. The van der Waals surface area contributed by atoms with Gasteiger partial charge in [-0.25, -0.2) is 14.4 Å². The predicted octanol–water partition coefficient (Wildman–Crippen LogP) is 6.10. The summed E-state index contributed by atoms with van der Waals surface area (Å²) in [7, 11) is 1.60. The zero-order chi connectivity index (χ0) is 24.9. The Balaban J connectivity index is 1.61. The number of aromatic nitrogens is 2. The van der Waals surface area contributed by atoms with Gasteiger partial charge in [0, 0.05) is 28.4 Å². The lowest BCUT2D eigenvalue weighted by Crippen LogP contribution is -2.15. The number of anilines is 3. The second-order valence-corrected chi connectivity index (χ2v) is 8.01. The number of carbonyl (C=O) groups is 1. The summed E-state index contributed by atoms with van der Waals surface area (Å²) in [5.74, 6) is -0.580. The van der Waals surface area contributed by atoms with Crippen molar-refractivity contribution in [3.63, 3.8) is 0 Å². The number of fused-ring (bicyclic) bond motifs is 1. The van der Waals surface area contributed by atoms with Crippen LogP contribution >= 0.6 is 0 Å². The van der Waals surface area contributed by atoms with E-state index >= 15 is 4.39 Å². The van der Waals surface area contributed by atoms with Crippen molar-refractivity contribution in [1.82, 2.24) is 9.97 Å². The lowest BCUT2D eigenvalue weighted by atomic mass is 9.95. The zero-order valence-electron chi connectivity index (χ0n) is 19.6. The molecule has 4 rings (SSSR count). The van der Waals surface area contributed by atoms with Gasteiger partial charge in [-0.2, -0.15) is 5.26 Å². The topological polar surface area (TPSA) is 99.9 Å². The molecule has 1 heterocycles. The molecule has 0 spiro atoms. The molecule has 1 amide bonds. The van der Waals surface area contributed by atoms with Crippen LogP contribution < -0.4 is 15.4 Å². The summed E-state index contributed by atoms with van der Waals surface area (Å²) in [5, 5.41) is 16.2. The van der Waals surface area contributed by atoms with Gasteiger partial charge in [0.15, 0.2) is 0 Å². The molecule has 1 unspecified atom stereocenters. The normalized spacial score (nSPS) is 11.5. The number of nitrogens with one attached hydrogen (secondary N) is 2. The van der Waals surface area contributed by atoms with Crippen LogP contribution in [0.5, 0.6) is 5.75 Å². The third-order valence-electron chi connectivity index (χ3n) is 5.80. The lowest BCUT2D eigenvalue weighted by molar-refractivity contribution is 0.102. The van der Waals surface area contributed by atoms with Gasteiger partial charge >= 0.3 is 0 Å². The van der Waals surface area contributed by atoms with Gasteiger partial charge in [-0.3, -0.25) is 4.79 Å². The third-order valence-corrected chi connectivity index (χ3v) is 5.80. The maximum atomic E-state index is 15.0. The second kappa shape index (κ2) is 10.2. The summed E-state index contributed by atoms with van der Waals surface area (Å²) in [6.07, 6.45) is 1.92. The number of hydrogen-bond donors (Lipinski definition) is 2. The second-order valence-electron chi connectivity index (χ2n) is 8.01. The Bertz CT molecular complexity index is 1450. The molecule has 1 aromatic heterocycles. The highest BCUT2D eigenvalue weighted by Gasteiger charge is 2.20. The summed E-state index contributed by atoms with van der Waals surface area (Å²) in [6.45, 7) is 3.73. The highest BCUT2D eigenvalue weighted by molar-refractivity contribution is 6.05. The molecule has 2 N–H and O–H groups in total. The largest absolute Gasteiger partial charge is 0.497 e. The zero-order valence-corrected chi connectivity index (χ0v) is 19.6. The fourth-order valence-electron chi connectivity index (χ4n) is 3.80. The molecule has 35 heavy (non-hydrogen) atoms. The molecule has 176 valence electrons. The summed E-state index contributed by atoms with van der Waals surface area (Å²) >= 11 is 0. The minimum absolute atomic E-state index is 0.109. The number of nitrogens with zero attached hydrogens (tertiary/aromatic N) is 3. The van der Waals surface area contributed by atoms with Crippen molar-refractivity contribution in [3.8, 4) is 11.8 Å². The number of halogens is 1. The molecule has 3 aromatic carbocycles. The van der Waals surface area contributed by atoms with Crippen molar-refractivity contribution >= 4 is 34.0 Å². The highest BCUT2D eigenvalue weighted by atomic mass is 19.1. The monoisotopic (exact) mass is 469 g/mol. The highest BCUT2D eigenvalue weighted by Crippen LogP contribution is 2.29. The average Bonchev–Trinajstić information content (AvgIpc) is 2.87. The molecule has 0 fully saturated rings. The predicted molar refractivity (Wildman–Crippen MR) is 134 cm³/mol. The maximum Gasteiger partial charge on any atom is 0.258 e. The molecule has 0 radical (unpaired) electrons. The molecule has 0 saturated carbocycles. The van der Waals surface area contributed by atoms with Crippen LogP contribution in [0.4, 0.5) is 21.6 Å². The molecule has 0 aliphatic carbocycles. The molecular formula is C27H24FN5O2. The van der Waals surface area contributed by atoms with E-state index in [9.17, 15) is 10.1 Å². The van der Waals surface area contributed by atoms with Gasteiger partial charge in [0.05, 0.1) is 30.2 Å². The Labute approximate surface area is 202 Å². The van der Waals surface area contributed by atoms with E-state index in [2.05, 4.69) is 26.7 Å². The van der Waals surface area contributed by atoms with Crippen LogP contribution in [-0.2, 0) is 0 Å². The number of amides is 1. The standard InChI is InChI=1S/C27H24FN5O2/c1-4-17(14-29)20-6-5-7-22(25(20)28)27(34)32-18-9-8-16(2)23(12-18)33-26-21-11-10-19(35-3)13-24(21)30-15-31-26/h5-13,15,17H,4H2,1-3H3,(H,32,34)(H,30,31,33). The average molecular weight is 470 g/mol. The number of ether oxygens (including phenoxy) is 1. The fraction of sp³-hybridized carbons (Fsp3) is 0.185. The van der Waals surface area contributed by atoms with E-state index in [1.54, 1.807) is 38.3 Å². The molecule has 8 heteroatoms. The minimum Gasteiger partial charge on any atom is -0.497 e. The Morgan fingerprint density at radius 1 is 1.17 bits per heavy atom. The van der Waals surface area contributed by atoms with Crippen LogP contribution in [0.3, 0.4) is 0 Å². The van der Waals surface area contributed by atoms with Crippen molar-refractivity contribution in [3.05, 3.63) is 83.4 Å². The van der Waals surface area contributed by atoms with Crippen LogP contribution in [0.25, 0.3) is 10.9 Å². The number of nitriles is 1. The first kappa shape index (κ1) is 23.6. The maximum absolute atomic E-state index is 15.0. The molecular weight excluding hydrogens is 445 g/mol. The molecule has 0 saturated heterocycles. The smallest absolute Gasteiger partial charge is 0.258 e. The van der Waals surface area contributed by atoms with Gasteiger partial charge in [0.25, 0.3) is 5.91 Å². The summed E-state index contributed by atoms with van der Waals surface area (Å²) < 4.78 is 20.3. The molecule has 0 bridgehead atoms. The van der Waals surface area contributed by atoms with Crippen molar-refractivity contribution in [2.75, 3.05) is 17.7 Å². The van der Waals surface area contributed by atoms with Crippen LogP contribution in [0, 0.1) is 24.1 Å². The minimum atomic E-state index is -0.674. The number of benzene rings is 3. The molecule has 0 aliphatic rings. The van der Waals surface area contributed by atoms with E-state index in [-0.39, 0.29) is 11.1 Å². The van der Waals surface area contributed by atoms with Gasteiger partial charge in [0.1, 0.15) is 23.7 Å². The van der Waals surface area contributed by atoms with Crippen LogP contribution in [0.2, 0.25) is 0 Å². The van der Waals surface area contributed by atoms with E-state index in [0.717, 1.165) is 22.2 Å². The van der Waals surface area contributed by atoms with E-state index < -0.39 is 17.6 Å². The number of carbonyl (C=O) groups excluding carboxylic acids is 1. The first-order valence-corrected chi connectivity index (χ1v) is 11.1. The molecule has 1 atom stereocenters.